The van der Waals surface area contributed by atoms with E-state index in [2.05, 4.69) is 10.3 Å². The average Bonchev–Trinajstić information content (AvgIpc) is 2.67. The van der Waals surface area contributed by atoms with Crippen LogP contribution in [-0.2, 0) is 6.54 Å². The molecule has 0 spiro atoms. The number of urea groups is 1. The number of amides is 2. The van der Waals surface area contributed by atoms with Crippen molar-refractivity contribution in [2.75, 3.05) is 13.1 Å². The monoisotopic (exact) mass is 341 g/mol. The number of benzene rings is 1. The highest BCUT2D eigenvalue weighted by Crippen LogP contribution is 2.21. The molecule has 3 rings (SSSR count). The molecule has 1 fully saturated rings. The molecule has 1 atom stereocenters. The van der Waals surface area contributed by atoms with Gasteiger partial charge in [0.2, 0.25) is 0 Å². The van der Waals surface area contributed by atoms with E-state index < -0.39 is 0 Å². The normalized spacial score (nSPS) is 17.2. The molecule has 1 aliphatic rings. The van der Waals surface area contributed by atoms with Gasteiger partial charge in [0, 0.05) is 43.5 Å². The highest BCUT2D eigenvalue weighted by atomic mass is 19.1. The average molecular weight is 341 g/mol. The minimum atomic E-state index is -0.364. The molecule has 25 heavy (non-hydrogen) atoms. The van der Waals surface area contributed by atoms with E-state index in [0.717, 1.165) is 18.4 Å². The fourth-order valence-corrected chi connectivity index (χ4v) is 3.02. The number of hydrogen-bond donors (Lipinski definition) is 1. The van der Waals surface area contributed by atoms with Gasteiger partial charge in [-0.15, -0.1) is 0 Å². The summed E-state index contributed by atoms with van der Waals surface area (Å²) in [5.41, 5.74) is 1.41. The second-order valence-corrected chi connectivity index (χ2v) is 6.18. The van der Waals surface area contributed by atoms with Crippen LogP contribution in [0.1, 0.15) is 28.8 Å². The van der Waals surface area contributed by atoms with Crippen LogP contribution in [0.4, 0.5) is 9.18 Å². The van der Waals surface area contributed by atoms with E-state index in [0.29, 0.717) is 25.2 Å². The fraction of sp³-hybridized carbons (Fsp3) is 0.316. The second-order valence-electron chi connectivity index (χ2n) is 6.18. The lowest BCUT2D eigenvalue weighted by atomic mass is 9.90. The van der Waals surface area contributed by atoms with E-state index in [4.69, 9.17) is 0 Å². The summed E-state index contributed by atoms with van der Waals surface area (Å²) < 4.78 is 13.0. The van der Waals surface area contributed by atoms with Crippen LogP contribution >= 0.6 is 0 Å². The van der Waals surface area contributed by atoms with Gasteiger partial charge in [-0.25, -0.2) is 9.18 Å². The summed E-state index contributed by atoms with van der Waals surface area (Å²) in [6, 6.07) is 9.10. The first kappa shape index (κ1) is 17.1. The summed E-state index contributed by atoms with van der Waals surface area (Å²) in [4.78, 5) is 30.6. The summed E-state index contributed by atoms with van der Waals surface area (Å²) in [6.07, 6.45) is 4.90. The van der Waals surface area contributed by atoms with Crippen LogP contribution in [0.15, 0.2) is 48.8 Å². The third-order valence-corrected chi connectivity index (χ3v) is 4.37. The molecule has 2 aromatic rings. The minimum absolute atomic E-state index is 0.0373. The SMILES string of the molecule is O=C(c1ccc(F)cc1)[C@@H]1CCCN(C(=O)NCc2cccnc2)C1. The van der Waals surface area contributed by atoms with Gasteiger partial charge >= 0.3 is 6.03 Å². The van der Waals surface area contributed by atoms with Gasteiger partial charge < -0.3 is 10.2 Å². The molecular weight excluding hydrogens is 321 g/mol. The number of hydrogen-bond acceptors (Lipinski definition) is 3. The van der Waals surface area contributed by atoms with Crippen molar-refractivity contribution < 1.29 is 14.0 Å². The zero-order chi connectivity index (χ0) is 17.6. The van der Waals surface area contributed by atoms with Crippen molar-refractivity contribution in [2.24, 2.45) is 5.92 Å². The maximum atomic E-state index is 13.0. The van der Waals surface area contributed by atoms with Crippen LogP contribution in [0.3, 0.4) is 0 Å². The molecule has 130 valence electrons. The van der Waals surface area contributed by atoms with E-state index in [1.54, 1.807) is 17.3 Å². The zero-order valence-electron chi connectivity index (χ0n) is 13.8. The Morgan fingerprint density at radius 1 is 1.24 bits per heavy atom. The Hall–Kier alpha value is -2.76. The van der Waals surface area contributed by atoms with E-state index in [-0.39, 0.29) is 23.5 Å². The fourth-order valence-electron chi connectivity index (χ4n) is 3.02. The Kier molecular flexibility index (Phi) is 5.38. The number of Topliss-reactive ketones (excluding diaryl/α,β-unsaturated/α-hetero) is 1. The maximum absolute atomic E-state index is 13.0. The first-order valence-corrected chi connectivity index (χ1v) is 8.35. The van der Waals surface area contributed by atoms with Gasteiger partial charge in [0.1, 0.15) is 5.82 Å². The van der Waals surface area contributed by atoms with Gasteiger partial charge in [0.25, 0.3) is 0 Å². The van der Waals surface area contributed by atoms with Crippen LogP contribution in [-0.4, -0.2) is 34.8 Å². The van der Waals surface area contributed by atoms with E-state index >= 15 is 0 Å². The number of nitrogens with one attached hydrogen (secondary N) is 1. The molecular formula is C19H20FN3O2. The summed E-state index contributed by atoms with van der Waals surface area (Å²) >= 11 is 0. The molecule has 5 nitrogen and oxygen atoms in total. The number of carbonyl (C=O) groups excluding carboxylic acids is 2. The maximum Gasteiger partial charge on any atom is 0.317 e. The number of pyridine rings is 1. The van der Waals surface area contributed by atoms with Gasteiger partial charge in [0.05, 0.1) is 0 Å². The predicted octanol–water partition coefficient (Wildman–Crippen LogP) is 3.03. The predicted molar refractivity (Wildman–Crippen MR) is 91.5 cm³/mol. The second kappa shape index (κ2) is 7.88. The molecule has 2 heterocycles. The van der Waals surface area contributed by atoms with Crippen molar-refractivity contribution in [3.63, 3.8) is 0 Å². The third kappa shape index (κ3) is 4.41. The first-order chi connectivity index (χ1) is 12.1. The lowest BCUT2D eigenvalue weighted by Gasteiger charge is -2.32. The van der Waals surface area contributed by atoms with Gasteiger partial charge in [-0.3, -0.25) is 9.78 Å². The standard InChI is InChI=1S/C19H20FN3O2/c20-17-7-5-15(6-8-17)18(24)16-4-2-10-23(13-16)19(25)22-12-14-3-1-9-21-11-14/h1,3,5-9,11,16H,2,4,10,12-13H2,(H,22,25)/t16-/m1/s1. The number of carbonyl (C=O) groups is 2. The number of nitrogens with zero attached hydrogens (tertiary/aromatic N) is 2. The van der Waals surface area contributed by atoms with E-state index in [9.17, 15) is 14.0 Å². The lowest BCUT2D eigenvalue weighted by Crippen LogP contribution is -2.46. The van der Waals surface area contributed by atoms with Crippen LogP contribution < -0.4 is 5.32 Å². The summed E-state index contributed by atoms with van der Waals surface area (Å²) in [6.45, 7) is 1.42. The molecule has 1 N–H and O–H groups in total. The number of rotatable bonds is 4. The molecule has 0 bridgehead atoms. The Morgan fingerprint density at radius 2 is 2.04 bits per heavy atom. The van der Waals surface area contributed by atoms with Gasteiger partial charge in [0.15, 0.2) is 5.78 Å². The number of piperidine rings is 1. The van der Waals surface area contributed by atoms with Crippen molar-refractivity contribution in [3.8, 4) is 0 Å². The molecule has 1 aromatic heterocycles. The molecule has 6 heteroatoms. The van der Waals surface area contributed by atoms with Gasteiger partial charge in [-0.05, 0) is 48.7 Å². The first-order valence-electron chi connectivity index (χ1n) is 8.35. The topological polar surface area (TPSA) is 62.3 Å². The van der Waals surface area contributed by atoms with Crippen LogP contribution in [0, 0.1) is 11.7 Å². The molecule has 0 radical (unpaired) electrons. The number of ketones is 1. The highest BCUT2D eigenvalue weighted by Gasteiger charge is 2.28. The minimum Gasteiger partial charge on any atom is -0.334 e. The molecule has 1 aliphatic heterocycles. The van der Waals surface area contributed by atoms with Crippen molar-refractivity contribution in [3.05, 3.63) is 65.7 Å². The molecule has 0 aliphatic carbocycles. The van der Waals surface area contributed by atoms with Gasteiger partial charge in [-0.2, -0.15) is 0 Å². The largest absolute Gasteiger partial charge is 0.334 e. The van der Waals surface area contributed by atoms with Crippen LogP contribution in [0.25, 0.3) is 0 Å². The van der Waals surface area contributed by atoms with E-state index in [1.807, 2.05) is 12.1 Å². The van der Waals surface area contributed by atoms with Crippen molar-refractivity contribution in [1.82, 2.24) is 15.2 Å². The smallest absolute Gasteiger partial charge is 0.317 e. The Balaban J connectivity index is 1.57. The molecule has 0 saturated carbocycles. The molecule has 2 amide bonds. The van der Waals surface area contributed by atoms with Crippen molar-refractivity contribution in [2.45, 2.75) is 19.4 Å². The molecule has 1 aromatic carbocycles. The van der Waals surface area contributed by atoms with E-state index in [1.165, 1.54) is 24.3 Å². The number of halogens is 1. The molecule has 0 unspecified atom stereocenters. The number of likely N-dealkylation sites (tertiary alicyclic amines) is 1. The Labute approximate surface area is 145 Å². The van der Waals surface area contributed by atoms with Crippen LogP contribution in [0.2, 0.25) is 0 Å². The third-order valence-electron chi connectivity index (χ3n) is 4.37. The van der Waals surface area contributed by atoms with Crippen molar-refractivity contribution in [1.29, 1.82) is 0 Å². The van der Waals surface area contributed by atoms with Crippen molar-refractivity contribution >= 4 is 11.8 Å². The molecule has 1 saturated heterocycles. The summed E-state index contributed by atoms with van der Waals surface area (Å²) in [7, 11) is 0. The summed E-state index contributed by atoms with van der Waals surface area (Å²) in [5, 5.41) is 2.86. The number of aromatic nitrogens is 1. The quantitative estimate of drug-likeness (QED) is 0.870. The Morgan fingerprint density at radius 3 is 2.76 bits per heavy atom. The summed E-state index contributed by atoms with van der Waals surface area (Å²) in [5.74, 6) is -0.648. The van der Waals surface area contributed by atoms with Gasteiger partial charge in [-0.1, -0.05) is 6.07 Å². The lowest BCUT2D eigenvalue weighted by molar-refractivity contribution is 0.0845. The Bertz CT molecular complexity index is 734. The zero-order valence-corrected chi connectivity index (χ0v) is 13.8. The highest BCUT2D eigenvalue weighted by molar-refractivity contribution is 5.98. The van der Waals surface area contributed by atoms with Crippen LogP contribution in [0.5, 0.6) is 0 Å².